The summed E-state index contributed by atoms with van der Waals surface area (Å²) in [6.45, 7) is 2.00. The minimum Gasteiger partial charge on any atom is -0.341 e. The molecule has 11 heteroatoms. The van der Waals surface area contributed by atoms with Gasteiger partial charge in [-0.05, 0) is 0 Å². The standard InChI is InChI=1S/C4H3F3N2.C3HF3O2.CH2O.CH4/c5-4(6,7)3-1-8-2-9-3;4-3(5,6)2(8)1-7;1-2;/h1-2H,(H,8,9);1H;1H2;1H4. The van der Waals surface area contributed by atoms with Crippen molar-refractivity contribution in [3.05, 3.63) is 18.2 Å². The van der Waals surface area contributed by atoms with Crippen LogP contribution in [0.5, 0.6) is 0 Å². The van der Waals surface area contributed by atoms with Gasteiger partial charge in [-0.3, -0.25) is 9.59 Å². The van der Waals surface area contributed by atoms with Gasteiger partial charge < -0.3 is 9.78 Å². The quantitative estimate of drug-likeness (QED) is 0.490. The van der Waals surface area contributed by atoms with Gasteiger partial charge in [0, 0.05) is 0 Å². The molecule has 0 aliphatic heterocycles. The summed E-state index contributed by atoms with van der Waals surface area (Å²) >= 11 is 0. The zero-order chi connectivity index (χ0) is 15.7. The third-order valence-corrected chi connectivity index (χ3v) is 1.19. The number of hydrogen-bond acceptors (Lipinski definition) is 4. The first-order valence-corrected chi connectivity index (χ1v) is 3.99. The maximum atomic E-state index is 11.5. The highest BCUT2D eigenvalue weighted by Gasteiger charge is 2.37. The van der Waals surface area contributed by atoms with E-state index in [1.54, 1.807) is 0 Å². The Morgan fingerprint density at radius 2 is 1.65 bits per heavy atom. The van der Waals surface area contributed by atoms with E-state index in [2.05, 4.69) is 4.98 Å². The lowest BCUT2D eigenvalue weighted by atomic mass is 10.4. The smallest absolute Gasteiger partial charge is 0.341 e. The van der Waals surface area contributed by atoms with Crippen LogP contribution < -0.4 is 0 Å². The molecule has 0 atom stereocenters. The molecule has 1 aromatic heterocycles. The number of hydrogen-bond donors (Lipinski definition) is 1. The second kappa shape index (κ2) is 9.69. The molecule has 1 rings (SSSR count). The number of aromatic nitrogens is 2. The first kappa shape index (κ1) is 22.9. The second-order valence-corrected chi connectivity index (χ2v) is 2.44. The number of ketones is 1. The summed E-state index contributed by atoms with van der Waals surface area (Å²) in [6, 6.07) is 0. The normalized spacial score (nSPS) is 9.90. The number of carbonyl (C=O) groups excluding carboxylic acids is 3. The fourth-order valence-electron chi connectivity index (χ4n) is 0.478. The lowest BCUT2D eigenvalue weighted by Gasteiger charge is -1.99. The molecule has 0 unspecified atom stereocenters. The second-order valence-electron chi connectivity index (χ2n) is 2.44. The SMILES string of the molecule is C.C=O.FC(F)(F)c1cnc[nH]1.O=CC(=O)C(F)(F)F. The van der Waals surface area contributed by atoms with Gasteiger partial charge in [0.1, 0.15) is 12.5 Å². The van der Waals surface area contributed by atoms with Gasteiger partial charge in [-0.2, -0.15) is 26.3 Å². The van der Waals surface area contributed by atoms with Crippen molar-refractivity contribution in [1.29, 1.82) is 0 Å². The molecule has 0 aliphatic rings. The number of nitrogens with one attached hydrogen (secondary N) is 1. The Morgan fingerprint density at radius 1 is 1.20 bits per heavy atom. The lowest BCUT2D eigenvalue weighted by Crippen LogP contribution is -2.23. The van der Waals surface area contributed by atoms with E-state index in [0.29, 0.717) is 0 Å². The van der Waals surface area contributed by atoms with E-state index in [0.717, 1.165) is 12.5 Å². The summed E-state index contributed by atoms with van der Waals surface area (Å²) in [6.07, 6.45) is -8.33. The van der Waals surface area contributed by atoms with Crippen LogP contribution in [0, 0.1) is 0 Å². The number of H-pyrrole nitrogens is 1. The van der Waals surface area contributed by atoms with Crippen molar-refractivity contribution in [3.8, 4) is 0 Å². The number of alkyl halides is 6. The molecule has 0 aromatic carbocycles. The predicted molar refractivity (Wildman–Crippen MR) is 54.6 cm³/mol. The largest absolute Gasteiger partial charge is 0.457 e. The molecule has 0 saturated carbocycles. The summed E-state index contributed by atoms with van der Waals surface area (Å²) in [4.78, 5) is 31.6. The summed E-state index contributed by atoms with van der Waals surface area (Å²) in [5, 5.41) is 0. The third kappa shape index (κ3) is 9.79. The highest BCUT2D eigenvalue weighted by atomic mass is 19.4. The summed E-state index contributed by atoms with van der Waals surface area (Å²) in [5.74, 6) is -2.35. The monoisotopic (exact) mass is 308 g/mol. The van der Waals surface area contributed by atoms with Crippen LogP contribution in [-0.4, -0.2) is 35.0 Å². The summed E-state index contributed by atoms with van der Waals surface area (Å²) < 4.78 is 67.3. The van der Waals surface area contributed by atoms with E-state index >= 15 is 0 Å². The van der Waals surface area contributed by atoms with Crippen LogP contribution in [0.15, 0.2) is 12.5 Å². The van der Waals surface area contributed by atoms with Crippen molar-refractivity contribution in [2.75, 3.05) is 0 Å². The zero-order valence-corrected chi connectivity index (χ0v) is 8.88. The molecule has 0 saturated heterocycles. The van der Waals surface area contributed by atoms with E-state index in [9.17, 15) is 31.1 Å². The number of Topliss-reactive ketones (excluding diaryl/α,β-unsaturated/α-hetero) is 1. The molecule has 5 nitrogen and oxygen atoms in total. The Bertz CT molecular complexity index is 385. The molecule has 20 heavy (non-hydrogen) atoms. The van der Waals surface area contributed by atoms with Gasteiger partial charge in [0.05, 0.1) is 12.5 Å². The first-order chi connectivity index (χ1) is 8.59. The van der Waals surface area contributed by atoms with E-state index in [4.69, 9.17) is 9.59 Å². The van der Waals surface area contributed by atoms with E-state index in [1.807, 2.05) is 11.8 Å². The molecule has 0 amide bonds. The van der Waals surface area contributed by atoms with Gasteiger partial charge in [-0.15, -0.1) is 0 Å². The van der Waals surface area contributed by atoms with Crippen molar-refractivity contribution in [1.82, 2.24) is 9.97 Å². The Hall–Kier alpha value is -2.20. The van der Waals surface area contributed by atoms with Gasteiger partial charge in [-0.1, -0.05) is 7.43 Å². The first-order valence-electron chi connectivity index (χ1n) is 3.99. The number of imidazole rings is 1. The third-order valence-electron chi connectivity index (χ3n) is 1.19. The Morgan fingerprint density at radius 3 is 1.75 bits per heavy atom. The zero-order valence-electron chi connectivity index (χ0n) is 8.88. The van der Waals surface area contributed by atoms with Gasteiger partial charge in [-0.25, -0.2) is 4.98 Å². The number of aromatic amines is 1. The molecule has 0 spiro atoms. The van der Waals surface area contributed by atoms with Crippen molar-refractivity contribution in [2.24, 2.45) is 0 Å². The van der Waals surface area contributed by atoms with E-state index < -0.39 is 30.1 Å². The number of rotatable bonds is 1. The number of carbonyl (C=O) groups is 3. The Balaban J connectivity index is -0.000000248. The minimum absolute atomic E-state index is 0. The molecule has 0 radical (unpaired) electrons. The molecule has 0 bridgehead atoms. The molecule has 1 heterocycles. The molecule has 0 fully saturated rings. The highest BCUT2D eigenvalue weighted by molar-refractivity contribution is 6.27. The van der Waals surface area contributed by atoms with Crippen molar-refractivity contribution < 1.29 is 40.7 Å². The number of halogens is 6. The number of aldehydes is 1. The molecule has 116 valence electrons. The maximum Gasteiger partial charge on any atom is 0.457 e. The van der Waals surface area contributed by atoms with Crippen LogP contribution in [0.4, 0.5) is 26.3 Å². The highest BCUT2D eigenvalue weighted by Crippen LogP contribution is 2.26. The van der Waals surface area contributed by atoms with Crippen LogP contribution in [0.3, 0.4) is 0 Å². The van der Waals surface area contributed by atoms with Crippen LogP contribution in [0.25, 0.3) is 0 Å². The summed E-state index contributed by atoms with van der Waals surface area (Å²) in [5.41, 5.74) is -0.817. The molecule has 0 aliphatic carbocycles. The molecule has 1 N–H and O–H groups in total. The Kier molecular flexibility index (Phi) is 11.1. The van der Waals surface area contributed by atoms with E-state index in [1.165, 1.54) is 0 Å². The van der Waals surface area contributed by atoms with Crippen LogP contribution in [-0.2, 0) is 20.6 Å². The van der Waals surface area contributed by atoms with E-state index in [-0.39, 0.29) is 7.43 Å². The average Bonchev–Trinajstić information content (AvgIpc) is 2.83. The fraction of sp³-hybridized carbons (Fsp3) is 0.333. The van der Waals surface area contributed by atoms with Crippen molar-refractivity contribution in [3.63, 3.8) is 0 Å². The van der Waals surface area contributed by atoms with Gasteiger partial charge in [0.15, 0.2) is 6.29 Å². The van der Waals surface area contributed by atoms with Crippen LogP contribution in [0.1, 0.15) is 13.1 Å². The minimum atomic E-state index is -5.00. The lowest BCUT2D eigenvalue weighted by molar-refractivity contribution is -0.171. The van der Waals surface area contributed by atoms with Gasteiger partial charge in [0.25, 0.3) is 5.78 Å². The fourth-order valence-corrected chi connectivity index (χ4v) is 0.478. The van der Waals surface area contributed by atoms with Crippen molar-refractivity contribution >= 4 is 18.9 Å². The van der Waals surface area contributed by atoms with Crippen LogP contribution >= 0.6 is 0 Å². The molecular formula is C9H10F6N2O3. The maximum absolute atomic E-state index is 11.5. The summed E-state index contributed by atoms with van der Waals surface area (Å²) in [7, 11) is 0. The average molecular weight is 308 g/mol. The topological polar surface area (TPSA) is 79.9 Å². The Labute approximate surface area is 109 Å². The predicted octanol–water partition coefficient (Wildman–Crippen LogP) is 2.20. The van der Waals surface area contributed by atoms with Crippen molar-refractivity contribution in [2.45, 2.75) is 19.8 Å². The van der Waals surface area contributed by atoms with Gasteiger partial charge >= 0.3 is 12.4 Å². The molecule has 1 aromatic rings. The van der Waals surface area contributed by atoms with Crippen LogP contribution in [0.2, 0.25) is 0 Å². The number of nitrogens with zero attached hydrogens (tertiary/aromatic N) is 1. The molecular weight excluding hydrogens is 298 g/mol. The van der Waals surface area contributed by atoms with Gasteiger partial charge in [0.2, 0.25) is 0 Å².